The molecule has 0 saturated carbocycles. The zero-order chi connectivity index (χ0) is 47.8. The van der Waals surface area contributed by atoms with Gasteiger partial charge >= 0.3 is 10.4 Å². The summed E-state index contributed by atoms with van der Waals surface area (Å²) in [5.74, 6) is -0.862. The highest BCUT2D eigenvalue weighted by atomic mass is 32.3. The molecule has 65 heavy (non-hydrogen) atoms. The standard InChI is InChI=1S/C41H77N3O20S/c1-33(30-60-18-9-37(47)43-12-20-56-24-28-58-26-22-54-15-7-14-45)31-61-19-10-38(48)44-13-21-57-25-29-59-27-23-55-17-8-36(46)42-11-5-3-4-6-16-62-41-34(2)39(49)40(50)35(64-41)32-63-65(51,52)53/h14,33-35,39-41,49-50H,3-13,15-32H2,1-2H3,(H,42,46)(H,43,47)(H,44,48)(H,51,52,53). The van der Waals surface area contributed by atoms with Gasteiger partial charge in [-0.05, 0) is 12.8 Å². The Morgan fingerprint density at radius 1 is 0.600 bits per heavy atom. The molecule has 6 atom stereocenters. The third-order valence-corrected chi connectivity index (χ3v) is 9.73. The van der Waals surface area contributed by atoms with Gasteiger partial charge in [-0.2, -0.15) is 8.42 Å². The molecule has 6 N–H and O–H groups in total. The van der Waals surface area contributed by atoms with Crippen LogP contribution >= 0.6 is 0 Å². The Morgan fingerprint density at radius 2 is 1.05 bits per heavy atom. The van der Waals surface area contributed by atoms with Crippen molar-refractivity contribution in [3.63, 3.8) is 0 Å². The second-order valence-corrected chi connectivity index (χ2v) is 16.2. The number of carbonyl (C=O) groups excluding carboxylic acids is 4. The number of aliphatic hydroxyl groups excluding tert-OH is 2. The lowest BCUT2D eigenvalue weighted by molar-refractivity contribution is -0.281. The van der Waals surface area contributed by atoms with Crippen LogP contribution in [0.1, 0.15) is 65.2 Å². The van der Waals surface area contributed by atoms with Crippen molar-refractivity contribution >= 4 is 34.4 Å². The molecule has 0 spiro atoms. The van der Waals surface area contributed by atoms with Crippen LogP contribution in [-0.2, 0) is 81.1 Å². The second-order valence-electron chi connectivity index (χ2n) is 15.1. The Morgan fingerprint density at radius 3 is 1.55 bits per heavy atom. The number of hydrogen-bond acceptors (Lipinski definition) is 19. The fourth-order valence-electron chi connectivity index (χ4n) is 5.68. The number of unbranched alkanes of at least 4 members (excludes halogenated alkanes) is 3. The molecule has 1 saturated heterocycles. The summed E-state index contributed by atoms with van der Waals surface area (Å²) in [4.78, 5) is 46.2. The van der Waals surface area contributed by atoms with Crippen molar-refractivity contribution in [2.75, 3.05) is 139 Å². The molecule has 1 rings (SSSR count). The number of nitrogens with one attached hydrogen (secondary N) is 3. The van der Waals surface area contributed by atoms with Gasteiger partial charge in [-0.25, -0.2) is 4.18 Å². The molecule has 24 heteroatoms. The van der Waals surface area contributed by atoms with E-state index in [2.05, 4.69) is 20.1 Å². The first-order valence-electron chi connectivity index (χ1n) is 22.4. The molecule has 0 radical (unpaired) electrons. The van der Waals surface area contributed by atoms with Crippen LogP contribution < -0.4 is 16.0 Å². The average molecular weight is 964 g/mol. The summed E-state index contributed by atoms with van der Waals surface area (Å²) in [5, 5.41) is 28.8. The van der Waals surface area contributed by atoms with Gasteiger partial charge in [-0.15, -0.1) is 0 Å². The topological polar surface area (TPSA) is 301 Å². The number of rotatable bonds is 45. The molecule has 1 fully saturated rings. The van der Waals surface area contributed by atoms with Crippen LogP contribution in [0.25, 0.3) is 0 Å². The van der Waals surface area contributed by atoms with Gasteiger partial charge in [0.15, 0.2) is 6.29 Å². The normalized spacial score (nSPS) is 19.2. The summed E-state index contributed by atoms with van der Waals surface area (Å²) in [6.45, 7) is 10.4. The number of aldehydes is 1. The van der Waals surface area contributed by atoms with E-state index in [4.69, 9.17) is 51.9 Å². The first-order valence-corrected chi connectivity index (χ1v) is 23.8. The van der Waals surface area contributed by atoms with Crippen LogP contribution in [0.15, 0.2) is 0 Å². The van der Waals surface area contributed by atoms with Crippen molar-refractivity contribution in [3.8, 4) is 0 Å². The zero-order valence-corrected chi connectivity index (χ0v) is 39.1. The third-order valence-electron chi connectivity index (χ3n) is 9.29. The predicted molar refractivity (Wildman–Crippen MR) is 231 cm³/mol. The summed E-state index contributed by atoms with van der Waals surface area (Å²) in [6, 6.07) is 0. The Bertz CT molecular complexity index is 1320. The quantitative estimate of drug-likeness (QED) is 0.0251. The minimum Gasteiger partial charge on any atom is -0.390 e. The van der Waals surface area contributed by atoms with E-state index in [0.717, 1.165) is 25.5 Å². The largest absolute Gasteiger partial charge is 0.397 e. The number of amides is 3. The molecule has 1 aliphatic heterocycles. The molecule has 0 aromatic rings. The maximum atomic E-state index is 12.1. The van der Waals surface area contributed by atoms with Crippen molar-refractivity contribution in [3.05, 3.63) is 0 Å². The van der Waals surface area contributed by atoms with Gasteiger partial charge < -0.3 is 78.3 Å². The van der Waals surface area contributed by atoms with Gasteiger partial charge in [-0.1, -0.05) is 26.7 Å². The SMILES string of the molecule is CC(COCCC(=O)NCCOCCOCCOCCC=O)COCCC(=O)NCCOCCOCCOCCC(=O)NCCCCCCOC1OC(COS(=O)(=O)O)C(O)C(O)C1C. The second kappa shape index (κ2) is 40.5. The Balaban J connectivity index is 1.84. The Hall–Kier alpha value is -2.53. The lowest BCUT2D eigenvalue weighted by Crippen LogP contribution is -2.55. The molecule has 382 valence electrons. The molecule has 3 amide bonds. The molecule has 0 bridgehead atoms. The van der Waals surface area contributed by atoms with E-state index in [0.29, 0.717) is 125 Å². The van der Waals surface area contributed by atoms with Crippen molar-refractivity contribution in [1.82, 2.24) is 16.0 Å². The van der Waals surface area contributed by atoms with Crippen molar-refractivity contribution in [2.45, 2.75) is 89.8 Å². The van der Waals surface area contributed by atoms with E-state index in [-0.39, 0.29) is 62.7 Å². The highest BCUT2D eigenvalue weighted by molar-refractivity contribution is 7.80. The molecule has 0 aromatic carbocycles. The number of ether oxygens (including phenoxy) is 10. The van der Waals surface area contributed by atoms with Gasteiger partial charge in [0.1, 0.15) is 18.5 Å². The van der Waals surface area contributed by atoms with Crippen molar-refractivity contribution in [1.29, 1.82) is 0 Å². The summed E-state index contributed by atoms with van der Waals surface area (Å²) < 4.78 is 89.4. The lowest BCUT2D eigenvalue weighted by atomic mass is 9.92. The molecule has 23 nitrogen and oxygen atoms in total. The first-order chi connectivity index (χ1) is 31.3. The van der Waals surface area contributed by atoms with Crippen LogP contribution in [-0.4, -0.2) is 210 Å². The highest BCUT2D eigenvalue weighted by Gasteiger charge is 2.43. The summed E-state index contributed by atoms with van der Waals surface area (Å²) in [6.07, 6.45) is 0.233. The van der Waals surface area contributed by atoms with Crippen LogP contribution in [0.3, 0.4) is 0 Å². The Labute approximate surface area is 383 Å². The van der Waals surface area contributed by atoms with Gasteiger partial charge in [0.05, 0.1) is 118 Å². The van der Waals surface area contributed by atoms with E-state index >= 15 is 0 Å². The average Bonchev–Trinajstić information content (AvgIpc) is 3.27. The van der Waals surface area contributed by atoms with E-state index < -0.39 is 47.5 Å². The van der Waals surface area contributed by atoms with Crippen LogP contribution in [0.5, 0.6) is 0 Å². The van der Waals surface area contributed by atoms with Crippen molar-refractivity contribution in [2.24, 2.45) is 11.8 Å². The van der Waals surface area contributed by atoms with Gasteiger partial charge in [-0.3, -0.25) is 18.9 Å². The van der Waals surface area contributed by atoms with E-state index in [1.54, 1.807) is 6.92 Å². The smallest absolute Gasteiger partial charge is 0.390 e. The first kappa shape index (κ1) is 60.5. The molecule has 0 aromatic heterocycles. The fraction of sp³-hybridized carbons (Fsp3) is 0.902. The molecule has 6 unspecified atom stereocenters. The van der Waals surface area contributed by atoms with Crippen LogP contribution in [0.2, 0.25) is 0 Å². The van der Waals surface area contributed by atoms with E-state index in [1.807, 2.05) is 6.92 Å². The van der Waals surface area contributed by atoms with Crippen LogP contribution in [0.4, 0.5) is 0 Å². The Kier molecular flexibility index (Phi) is 37.7. The van der Waals surface area contributed by atoms with Gasteiger partial charge in [0.25, 0.3) is 0 Å². The van der Waals surface area contributed by atoms with Crippen molar-refractivity contribution < 1.29 is 93.9 Å². The minimum atomic E-state index is -4.73. The summed E-state index contributed by atoms with van der Waals surface area (Å²) in [5.41, 5.74) is 0. The number of hydrogen-bond donors (Lipinski definition) is 6. The number of aliphatic hydroxyl groups is 2. The molecular weight excluding hydrogens is 887 g/mol. The fourth-order valence-corrected chi connectivity index (χ4v) is 5.98. The molecular formula is C41H77N3O20S. The monoisotopic (exact) mass is 963 g/mol. The maximum absolute atomic E-state index is 12.1. The highest BCUT2D eigenvalue weighted by Crippen LogP contribution is 2.27. The zero-order valence-electron chi connectivity index (χ0n) is 38.2. The number of carbonyl (C=O) groups is 4. The predicted octanol–water partition coefficient (Wildman–Crippen LogP) is -0.658. The van der Waals surface area contributed by atoms with Gasteiger partial charge in [0.2, 0.25) is 17.7 Å². The van der Waals surface area contributed by atoms with E-state index in [1.165, 1.54) is 0 Å². The van der Waals surface area contributed by atoms with Gasteiger partial charge in [0, 0.05) is 63.8 Å². The molecule has 1 aliphatic rings. The summed E-state index contributed by atoms with van der Waals surface area (Å²) in [7, 11) is -4.73. The van der Waals surface area contributed by atoms with E-state index in [9.17, 15) is 37.8 Å². The summed E-state index contributed by atoms with van der Waals surface area (Å²) >= 11 is 0. The van der Waals surface area contributed by atoms with Crippen LogP contribution in [0, 0.1) is 11.8 Å². The molecule has 1 heterocycles. The third kappa shape index (κ3) is 36.2. The minimum absolute atomic E-state index is 0.0973. The molecule has 0 aliphatic carbocycles. The maximum Gasteiger partial charge on any atom is 0.397 e. The lowest BCUT2D eigenvalue weighted by Gasteiger charge is -2.40.